The molecule has 128 valence electrons. The molecule has 10 heteroatoms. The summed E-state index contributed by atoms with van der Waals surface area (Å²) in [5, 5.41) is 25.3. The number of hydrogen-bond donors (Lipinski definition) is 4. The molecule has 0 aliphatic carbocycles. The number of nitrogens with one attached hydrogen (secondary N) is 2. The van der Waals surface area contributed by atoms with Gasteiger partial charge in [0.2, 0.25) is 5.91 Å². The molecule has 1 aromatic carbocycles. The minimum Gasteiger partial charge on any atom is -0.534 e. The number of aromatic carboxylic acids is 1. The highest BCUT2D eigenvalue weighted by Gasteiger charge is 2.38. The number of fused-ring (bicyclic) bond motifs is 1. The predicted molar refractivity (Wildman–Crippen MR) is 86.7 cm³/mol. The predicted octanol–water partition coefficient (Wildman–Crippen LogP) is -0.332. The van der Waals surface area contributed by atoms with Crippen LogP contribution in [0, 0.1) is 5.82 Å². The van der Waals surface area contributed by atoms with Gasteiger partial charge in [0, 0.05) is 18.3 Å². The van der Waals surface area contributed by atoms with E-state index < -0.39 is 30.4 Å². The van der Waals surface area contributed by atoms with Gasteiger partial charge in [0.25, 0.3) is 0 Å². The van der Waals surface area contributed by atoms with Crippen molar-refractivity contribution in [2.45, 2.75) is 17.6 Å². The molecule has 1 atom stereocenters. The highest BCUT2D eigenvalue weighted by molar-refractivity contribution is 8.00. The van der Waals surface area contributed by atoms with Crippen LogP contribution < -0.4 is 15.3 Å². The number of carbonyl (C=O) groups excluding carboxylic acids is 1. The van der Waals surface area contributed by atoms with Crippen LogP contribution in [0.25, 0.3) is 0 Å². The Bertz CT molecular complexity index is 673. The SMILES string of the molecule is O=C(CSC1CNC1)N[C@H]1Cc2ccc(F)c(C(=O)O)c2OB1O. The van der Waals surface area contributed by atoms with Gasteiger partial charge >= 0.3 is 13.1 Å². The summed E-state index contributed by atoms with van der Waals surface area (Å²) in [6.45, 7) is 1.76. The van der Waals surface area contributed by atoms with Gasteiger partial charge in [0.05, 0.1) is 11.7 Å². The van der Waals surface area contributed by atoms with Crippen molar-refractivity contribution >= 4 is 30.8 Å². The van der Waals surface area contributed by atoms with E-state index in [1.54, 1.807) is 0 Å². The lowest BCUT2D eigenvalue weighted by Gasteiger charge is -2.29. The molecule has 24 heavy (non-hydrogen) atoms. The first-order chi connectivity index (χ1) is 11.5. The van der Waals surface area contributed by atoms with Gasteiger partial charge in [-0.05, 0) is 18.1 Å². The summed E-state index contributed by atoms with van der Waals surface area (Å²) in [6.07, 6.45) is 0.165. The lowest BCUT2D eigenvalue weighted by Crippen LogP contribution is -2.54. The number of halogens is 1. The van der Waals surface area contributed by atoms with Crippen molar-refractivity contribution in [2.75, 3.05) is 18.8 Å². The van der Waals surface area contributed by atoms with Crippen molar-refractivity contribution in [3.05, 3.63) is 29.1 Å². The average Bonchev–Trinajstić information content (AvgIpc) is 2.46. The van der Waals surface area contributed by atoms with Gasteiger partial charge in [-0.2, -0.15) is 0 Å². The molecular formula is C14H16BFN2O5S. The number of carboxylic acid groups (broad SMARTS) is 1. The molecule has 0 radical (unpaired) electrons. The summed E-state index contributed by atoms with van der Waals surface area (Å²) < 4.78 is 18.8. The van der Waals surface area contributed by atoms with E-state index in [0.29, 0.717) is 10.8 Å². The fourth-order valence-corrected chi connectivity index (χ4v) is 3.52. The first kappa shape index (κ1) is 17.1. The van der Waals surface area contributed by atoms with Crippen molar-refractivity contribution < 1.29 is 28.8 Å². The zero-order valence-corrected chi connectivity index (χ0v) is 13.4. The van der Waals surface area contributed by atoms with E-state index in [4.69, 9.17) is 9.76 Å². The molecule has 2 aliphatic rings. The molecule has 2 aliphatic heterocycles. The van der Waals surface area contributed by atoms with Crippen LogP contribution >= 0.6 is 11.8 Å². The Morgan fingerprint density at radius 3 is 2.83 bits per heavy atom. The Balaban J connectivity index is 1.67. The fraction of sp³-hybridized carbons (Fsp3) is 0.429. The highest BCUT2D eigenvalue weighted by atomic mass is 32.2. The second kappa shape index (κ2) is 7.00. The van der Waals surface area contributed by atoms with Crippen molar-refractivity contribution in [1.29, 1.82) is 0 Å². The number of hydrogen-bond acceptors (Lipinski definition) is 6. The van der Waals surface area contributed by atoms with Gasteiger partial charge in [-0.15, -0.1) is 11.8 Å². The van der Waals surface area contributed by atoms with Crippen LogP contribution in [0.5, 0.6) is 5.75 Å². The highest BCUT2D eigenvalue weighted by Crippen LogP contribution is 2.32. The number of thioether (sulfide) groups is 1. The van der Waals surface area contributed by atoms with Gasteiger partial charge in [-0.25, -0.2) is 9.18 Å². The Morgan fingerprint density at radius 1 is 1.46 bits per heavy atom. The average molecular weight is 354 g/mol. The van der Waals surface area contributed by atoms with Crippen molar-refractivity contribution in [3.8, 4) is 5.75 Å². The number of carbonyl (C=O) groups is 2. The monoisotopic (exact) mass is 354 g/mol. The Labute approximate surface area is 142 Å². The first-order valence-corrected chi connectivity index (χ1v) is 8.51. The van der Waals surface area contributed by atoms with Gasteiger partial charge in [-0.3, -0.25) is 4.79 Å². The fourth-order valence-electron chi connectivity index (χ4n) is 2.58. The molecule has 0 unspecified atom stereocenters. The number of benzene rings is 1. The standard InChI is InChI=1S/C14H16BFN2O5S/c16-9-2-1-7-3-10(15(22)23-13(7)12(9)14(20)21)18-11(19)6-24-8-4-17-5-8/h1-2,8,10,17,22H,3-6H2,(H,18,19)(H,20,21)/t10-/m0/s1. The van der Waals surface area contributed by atoms with Crippen LogP contribution in [-0.2, 0) is 11.2 Å². The Morgan fingerprint density at radius 2 is 2.21 bits per heavy atom. The zero-order chi connectivity index (χ0) is 17.3. The molecule has 2 heterocycles. The molecule has 3 rings (SSSR count). The molecule has 1 saturated heterocycles. The molecule has 0 aromatic heterocycles. The minimum absolute atomic E-state index is 0.165. The molecule has 4 N–H and O–H groups in total. The van der Waals surface area contributed by atoms with Crippen LogP contribution in [0.1, 0.15) is 15.9 Å². The quantitative estimate of drug-likeness (QED) is 0.536. The molecule has 0 spiro atoms. The third-order valence-corrected chi connectivity index (χ3v) is 5.20. The van der Waals surface area contributed by atoms with E-state index in [1.165, 1.54) is 17.8 Å². The summed E-state index contributed by atoms with van der Waals surface area (Å²) in [4.78, 5) is 23.1. The van der Waals surface area contributed by atoms with Gasteiger partial charge < -0.3 is 25.4 Å². The van der Waals surface area contributed by atoms with E-state index in [0.717, 1.165) is 19.2 Å². The van der Waals surface area contributed by atoms with Crippen LogP contribution in [0.15, 0.2) is 12.1 Å². The van der Waals surface area contributed by atoms with Crippen LogP contribution in [0.3, 0.4) is 0 Å². The Kier molecular flexibility index (Phi) is 4.97. The van der Waals surface area contributed by atoms with Crippen molar-refractivity contribution in [1.82, 2.24) is 10.6 Å². The van der Waals surface area contributed by atoms with E-state index in [1.807, 2.05) is 0 Å². The van der Waals surface area contributed by atoms with Crippen LogP contribution in [0.2, 0.25) is 0 Å². The number of carboxylic acids is 1. The molecule has 1 fully saturated rings. The van der Waals surface area contributed by atoms with E-state index in [-0.39, 0.29) is 23.8 Å². The molecule has 0 saturated carbocycles. The molecular weight excluding hydrogens is 338 g/mol. The maximum atomic E-state index is 13.7. The zero-order valence-electron chi connectivity index (χ0n) is 12.6. The summed E-state index contributed by atoms with van der Waals surface area (Å²) >= 11 is 1.53. The molecule has 0 bridgehead atoms. The first-order valence-electron chi connectivity index (χ1n) is 7.46. The lowest BCUT2D eigenvalue weighted by molar-refractivity contribution is -0.119. The van der Waals surface area contributed by atoms with E-state index >= 15 is 0 Å². The largest absolute Gasteiger partial charge is 0.547 e. The third kappa shape index (κ3) is 3.50. The maximum absolute atomic E-state index is 13.7. The molecule has 1 aromatic rings. The summed E-state index contributed by atoms with van der Waals surface area (Å²) in [5.41, 5.74) is -0.176. The topological polar surface area (TPSA) is 108 Å². The van der Waals surface area contributed by atoms with Gasteiger partial charge in [0.1, 0.15) is 17.1 Å². The lowest BCUT2D eigenvalue weighted by atomic mass is 9.72. The van der Waals surface area contributed by atoms with E-state index in [2.05, 4.69) is 10.6 Å². The van der Waals surface area contributed by atoms with Crippen molar-refractivity contribution in [3.63, 3.8) is 0 Å². The summed E-state index contributed by atoms with van der Waals surface area (Å²) in [6, 6.07) is 2.44. The number of amides is 1. The number of rotatable bonds is 5. The van der Waals surface area contributed by atoms with Gasteiger partial charge in [0.15, 0.2) is 0 Å². The Hall–Kier alpha value is -1.78. The maximum Gasteiger partial charge on any atom is 0.547 e. The van der Waals surface area contributed by atoms with Crippen LogP contribution in [0.4, 0.5) is 4.39 Å². The third-order valence-electron chi connectivity index (χ3n) is 3.97. The normalized spacial score (nSPS) is 19.9. The smallest absolute Gasteiger partial charge is 0.534 e. The van der Waals surface area contributed by atoms with Gasteiger partial charge in [-0.1, -0.05) is 6.07 Å². The van der Waals surface area contributed by atoms with E-state index in [9.17, 15) is 19.0 Å². The second-order valence-corrected chi connectivity index (χ2v) is 6.98. The van der Waals surface area contributed by atoms with Crippen LogP contribution in [-0.4, -0.2) is 59.2 Å². The second-order valence-electron chi connectivity index (χ2n) is 5.69. The molecule has 7 nitrogen and oxygen atoms in total. The minimum atomic E-state index is -1.47. The summed E-state index contributed by atoms with van der Waals surface area (Å²) in [7, 11) is -1.43. The summed E-state index contributed by atoms with van der Waals surface area (Å²) in [5.74, 6) is -3.26. The van der Waals surface area contributed by atoms with Crippen molar-refractivity contribution in [2.24, 2.45) is 0 Å². The molecule has 1 amide bonds.